The SMILES string of the molecule is CCCCCCCCCC.NN.S. The lowest BCUT2D eigenvalue weighted by Crippen LogP contribution is -2.02. The Balaban J connectivity index is -0.000000309. The Kier molecular flexibility index (Phi) is 33.2. The fourth-order valence-corrected chi connectivity index (χ4v) is 1.21. The van der Waals surface area contributed by atoms with Crippen LogP contribution in [0, 0.1) is 0 Å². The molecule has 0 aromatic heterocycles. The predicted molar refractivity (Wildman–Crippen MR) is 67.0 cm³/mol. The van der Waals surface area contributed by atoms with Crippen LogP contribution < -0.4 is 11.7 Å². The number of hydrogen-bond donors (Lipinski definition) is 2. The quantitative estimate of drug-likeness (QED) is 0.384. The highest BCUT2D eigenvalue weighted by Crippen LogP contribution is 2.07. The van der Waals surface area contributed by atoms with E-state index in [9.17, 15) is 0 Å². The number of unbranched alkanes of at least 4 members (excludes halogenated alkanes) is 7. The van der Waals surface area contributed by atoms with Crippen molar-refractivity contribution < 1.29 is 0 Å². The van der Waals surface area contributed by atoms with Gasteiger partial charge in [-0.1, -0.05) is 65.2 Å². The highest BCUT2D eigenvalue weighted by molar-refractivity contribution is 7.59. The molecule has 0 aliphatic heterocycles. The molecular formula is C10H28N2S. The van der Waals surface area contributed by atoms with Crippen LogP contribution in [-0.4, -0.2) is 0 Å². The van der Waals surface area contributed by atoms with Gasteiger partial charge in [0.2, 0.25) is 0 Å². The summed E-state index contributed by atoms with van der Waals surface area (Å²) in [4.78, 5) is 0. The maximum absolute atomic E-state index is 4.00. The van der Waals surface area contributed by atoms with Gasteiger partial charge in [0.05, 0.1) is 0 Å². The van der Waals surface area contributed by atoms with Gasteiger partial charge in [-0.05, 0) is 0 Å². The van der Waals surface area contributed by atoms with E-state index < -0.39 is 0 Å². The lowest BCUT2D eigenvalue weighted by atomic mass is 10.1. The minimum absolute atomic E-state index is 0. The van der Waals surface area contributed by atoms with Crippen molar-refractivity contribution in [1.29, 1.82) is 0 Å². The minimum Gasteiger partial charge on any atom is -0.274 e. The first-order valence-electron chi connectivity index (χ1n) is 5.25. The Labute approximate surface area is 90.9 Å². The van der Waals surface area contributed by atoms with Crippen molar-refractivity contribution in [2.24, 2.45) is 11.7 Å². The molecule has 0 amide bonds. The number of hydrogen-bond acceptors (Lipinski definition) is 2. The van der Waals surface area contributed by atoms with Gasteiger partial charge < -0.3 is 0 Å². The molecule has 0 radical (unpaired) electrons. The van der Waals surface area contributed by atoms with Gasteiger partial charge in [0.1, 0.15) is 0 Å². The maximum atomic E-state index is 4.00. The zero-order valence-electron chi connectivity index (χ0n) is 9.31. The van der Waals surface area contributed by atoms with Gasteiger partial charge in [-0.25, -0.2) is 0 Å². The fraction of sp³-hybridized carbons (Fsp3) is 1.00. The summed E-state index contributed by atoms with van der Waals surface area (Å²) in [5.41, 5.74) is 0. The van der Waals surface area contributed by atoms with Gasteiger partial charge in [0.15, 0.2) is 0 Å². The van der Waals surface area contributed by atoms with Gasteiger partial charge in [-0.15, -0.1) is 0 Å². The van der Waals surface area contributed by atoms with E-state index in [-0.39, 0.29) is 13.5 Å². The van der Waals surface area contributed by atoms with Crippen molar-refractivity contribution in [2.45, 2.75) is 65.2 Å². The standard InChI is InChI=1S/C10H22.H4N2.H2S/c1-3-5-7-9-10-8-6-4-2;1-2;/h3-10H2,1-2H3;1-2H2;1H2. The van der Waals surface area contributed by atoms with E-state index in [1.54, 1.807) is 0 Å². The minimum atomic E-state index is 0. The van der Waals surface area contributed by atoms with Gasteiger partial charge in [0.25, 0.3) is 0 Å². The third-order valence-electron chi connectivity index (χ3n) is 1.96. The molecule has 3 heteroatoms. The van der Waals surface area contributed by atoms with Gasteiger partial charge in [-0.2, -0.15) is 13.5 Å². The molecule has 0 heterocycles. The zero-order chi connectivity index (χ0) is 9.66. The van der Waals surface area contributed by atoms with Gasteiger partial charge in [0, 0.05) is 0 Å². The molecule has 0 rings (SSSR count). The second-order valence-electron chi connectivity index (χ2n) is 3.12. The molecule has 0 bridgehead atoms. The van der Waals surface area contributed by atoms with E-state index in [0.717, 1.165) is 0 Å². The average molecular weight is 208 g/mol. The number of nitrogens with two attached hydrogens (primary N) is 2. The molecule has 0 unspecified atom stereocenters. The van der Waals surface area contributed by atoms with Crippen LogP contribution in [0.2, 0.25) is 0 Å². The van der Waals surface area contributed by atoms with Gasteiger partial charge in [-0.3, -0.25) is 11.7 Å². The molecule has 84 valence electrons. The average Bonchev–Trinajstić information content (AvgIpc) is 2.15. The highest BCUT2D eigenvalue weighted by atomic mass is 32.1. The fourth-order valence-electron chi connectivity index (χ4n) is 1.21. The first kappa shape index (κ1) is 18.9. The Morgan fingerprint density at radius 3 is 1.08 bits per heavy atom. The zero-order valence-corrected chi connectivity index (χ0v) is 10.3. The van der Waals surface area contributed by atoms with Crippen LogP contribution in [0.15, 0.2) is 0 Å². The monoisotopic (exact) mass is 208 g/mol. The molecule has 0 aromatic rings. The van der Waals surface area contributed by atoms with Crippen molar-refractivity contribution in [2.75, 3.05) is 0 Å². The number of hydrazine groups is 1. The van der Waals surface area contributed by atoms with E-state index >= 15 is 0 Å². The topological polar surface area (TPSA) is 52.0 Å². The van der Waals surface area contributed by atoms with E-state index in [2.05, 4.69) is 25.5 Å². The molecular weight excluding hydrogens is 180 g/mol. The van der Waals surface area contributed by atoms with Crippen LogP contribution in [0.25, 0.3) is 0 Å². The van der Waals surface area contributed by atoms with E-state index in [4.69, 9.17) is 0 Å². The van der Waals surface area contributed by atoms with Crippen molar-refractivity contribution in [3.63, 3.8) is 0 Å². The molecule has 0 saturated carbocycles. The first-order chi connectivity index (χ1) is 5.91. The van der Waals surface area contributed by atoms with Crippen molar-refractivity contribution >= 4 is 13.5 Å². The van der Waals surface area contributed by atoms with Crippen LogP contribution in [0.1, 0.15) is 65.2 Å². The van der Waals surface area contributed by atoms with Gasteiger partial charge >= 0.3 is 0 Å². The summed E-state index contributed by atoms with van der Waals surface area (Å²) in [7, 11) is 0. The molecule has 0 fully saturated rings. The summed E-state index contributed by atoms with van der Waals surface area (Å²) in [6, 6.07) is 0. The maximum Gasteiger partial charge on any atom is -0.0533 e. The summed E-state index contributed by atoms with van der Waals surface area (Å²) in [5.74, 6) is 8.00. The first-order valence-corrected chi connectivity index (χ1v) is 5.25. The lowest BCUT2D eigenvalue weighted by Gasteiger charge is -1.97. The molecule has 4 N–H and O–H groups in total. The van der Waals surface area contributed by atoms with Crippen LogP contribution >= 0.6 is 13.5 Å². The van der Waals surface area contributed by atoms with E-state index in [1.165, 1.54) is 51.4 Å². The lowest BCUT2D eigenvalue weighted by molar-refractivity contribution is 0.585. The third-order valence-corrected chi connectivity index (χ3v) is 1.96. The van der Waals surface area contributed by atoms with Crippen molar-refractivity contribution in [3.8, 4) is 0 Å². The van der Waals surface area contributed by atoms with Crippen LogP contribution in [-0.2, 0) is 0 Å². The molecule has 13 heavy (non-hydrogen) atoms. The van der Waals surface area contributed by atoms with E-state index in [1.807, 2.05) is 0 Å². The summed E-state index contributed by atoms with van der Waals surface area (Å²) in [6.07, 6.45) is 11.5. The summed E-state index contributed by atoms with van der Waals surface area (Å²) < 4.78 is 0. The molecule has 0 aliphatic rings. The molecule has 0 saturated heterocycles. The highest BCUT2D eigenvalue weighted by Gasteiger charge is 1.87. The third kappa shape index (κ3) is 24.5. The largest absolute Gasteiger partial charge is 0.274 e. The molecule has 0 spiro atoms. The Morgan fingerprint density at radius 2 is 0.846 bits per heavy atom. The molecule has 0 aromatic carbocycles. The van der Waals surface area contributed by atoms with Crippen molar-refractivity contribution in [1.82, 2.24) is 0 Å². The Morgan fingerprint density at radius 1 is 0.615 bits per heavy atom. The van der Waals surface area contributed by atoms with E-state index in [0.29, 0.717) is 0 Å². The Bertz CT molecular complexity index is 52.9. The normalized spacial score (nSPS) is 8.31. The number of rotatable bonds is 7. The summed E-state index contributed by atoms with van der Waals surface area (Å²) in [5, 5.41) is 0. The molecule has 0 atom stereocenters. The predicted octanol–water partition coefficient (Wildman–Crippen LogP) is 3.08. The van der Waals surface area contributed by atoms with Crippen LogP contribution in [0.5, 0.6) is 0 Å². The summed E-state index contributed by atoms with van der Waals surface area (Å²) >= 11 is 0. The smallest absolute Gasteiger partial charge is 0.0533 e. The second kappa shape index (κ2) is 22.8. The van der Waals surface area contributed by atoms with Crippen LogP contribution in [0.3, 0.4) is 0 Å². The van der Waals surface area contributed by atoms with Crippen LogP contribution in [0.4, 0.5) is 0 Å². The molecule has 2 nitrogen and oxygen atoms in total. The Hall–Kier alpha value is 0.270. The molecule has 0 aliphatic carbocycles. The van der Waals surface area contributed by atoms with Crippen molar-refractivity contribution in [3.05, 3.63) is 0 Å². The summed E-state index contributed by atoms with van der Waals surface area (Å²) in [6.45, 7) is 4.54. The second-order valence-corrected chi connectivity index (χ2v) is 3.12.